The molecule has 3 saturated heterocycles. The number of hydrogen-bond acceptors (Lipinski definition) is 10. The third kappa shape index (κ3) is 6.43. The number of aryl methyl sites for hydroxylation is 1. The number of rotatable bonds is 8. The number of imide groups is 1. The van der Waals surface area contributed by atoms with Crippen LogP contribution in [0.5, 0.6) is 0 Å². The van der Waals surface area contributed by atoms with Gasteiger partial charge in [0.15, 0.2) is 11.3 Å². The van der Waals surface area contributed by atoms with E-state index in [4.69, 9.17) is 4.74 Å². The molecule has 5 aromatic rings. The number of fused-ring (bicyclic) bond motifs is 3. The first-order chi connectivity index (χ1) is 27.1. The molecular weight excluding hydrogens is 728 g/mol. The number of imidazole rings is 1. The summed E-state index contributed by atoms with van der Waals surface area (Å²) in [6.07, 6.45) is 7.94. The van der Waals surface area contributed by atoms with E-state index in [1.54, 1.807) is 28.6 Å². The van der Waals surface area contributed by atoms with Crippen LogP contribution in [0, 0.1) is 5.92 Å². The van der Waals surface area contributed by atoms with E-state index < -0.39 is 30.0 Å². The molecule has 7 heterocycles. The number of para-hydroxylation sites is 1. The van der Waals surface area contributed by atoms with Crippen LogP contribution in [0.2, 0.25) is 0 Å². The van der Waals surface area contributed by atoms with Crippen LogP contribution in [0.25, 0.3) is 16.7 Å². The zero-order valence-electron chi connectivity index (χ0n) is 30.9. The lowest BCUT2D eigenvalue weighted by Gasteiger charge is -2.48. The maximum absolute atomic E-state index is 14.1. The van der Waals surface area contributed by atoms with Crippen LogP contribution in [-0.4, -0.2) is 101 Å². The summed E-state index contributed by atoms with van der Waals surface area (Å²) in [4.78, 5) is 60.2. The zero-order valence-corrected chi connectivity index (χ0v) is 30.9. The minimum atomic E-state index is -2.86. The average Bonchev–Trinajstić information content (AvgIpc) is 3.90. The van der Waals surface area contributed by atoms with Gasteiger partial charge in [0.1, 0.15) is 11.6 Å². The Morgan fingerprint density at radius 2 is 1.91 bits per heavy atom. The van der Waals surface area contributed by atoms with Crippen LogP contribution in [0.4, 0.5) is 20.2 Å². The summed E-state index contributed by atoms with van der Waals surface area (Å²) in [5.41, 5.74) is 2.07. The van der Waals surface area contributed by atoms with Gasteiger partial charge in [-0.1, -0.05) is 6.07 Å². The number of halogens is 2. The maximum atomic E-state index is 14.1. The van der Waals surface area contributed by atoms with Crippen molar-refractivity contribution < 1.29 is 27.9 Å². The molecule has 294 valence electrons. The van der Waals surface area contributed by atoms with Crippen LogP contribution in [0.15, 0.2) is 53.8 Å². The van der Waals surface area contributed by atoms with Gasteiger partial charge in [-0.15, -0.1) is 0 Å². The van der Waals surface area contributed by atoms with Crippen LogP contribution in [0.1, 0.15) is 79.5 Å². The van der Waals surface area contributed by atoms with Crippen molar-refractivity contribution in [3.8, 4) is 0 Å². The molecule has 1 aliphatic carbocycles. The molecule has 3 atom stereocenters. The lowest BCUT2D eigenvalue weighted by molar-refractivity contribution is -0.135. The van der Waals surface area contributed by atoms with Crippen molar-refractivity contribution in [2.24, 2.45) is 13.0 Å². The number of piperidine rings is 2. The van der Waals surface area contributed by atoms with E-state index in [1.807, 2.05) is 18.2 Å². The fourth-order valence-corrected chi connectivity index (χ4v) is 9.27. The molecule has 4 aromatic heterocycles. The Labute approximate surface area is 319 Å². The number of carbonyl (C=O) groups excluding carboxylic acids is 3. The number of amides is 3. The minimum absolute atomic E-state index is 0.0153. The minimum Gasteiger partial charge on any atom is -0.373 e. The summed E-state index contributed by atoms with van der Waals surface area (Å²) >= 11 is 0. The summed E-state index contributed by atoms with van der Waals surface area (Å²) in [7, 11) is 1.72. The Morgan fingerprint density at radius 1 is 1.07 bits per heavy atom. The number of anilines is 2. The first-order valence-corrected chi connectivity index (χ1v) is 19.3. The summed E-state index contributed by atoms with van der Waals surface area (Å²) in [5.74, 6) is -0.924. The SMILES string of the molecule is Cn1c(=O)n(C2CCC(=O)NC2=O)c2cccc(N3CCC4C(C3)OCCN4C[C@H]3CC[C@H](n4cc(NC(=O)c5cnn6cccnc56)c(C(F)F)n4)CC3)c21. The normalized spacial score (nSPS) is 24.9. The molecule has 18 heteroatoms. The highest BCUT2D eigenvalue weighted by atomic mass is 19.3. The van der Waals surface area contributed by atoms with Crippen LogP contribution < -0.4 is 21.2 Å². The Bertz CT molecular complexity index is 2380. The van der Waals surface area contributed by atoms with Crippen molar-refractivity contribution in [1.82, 2.24) is 43.7 Å². The van der Waals surface area contributed by atoms with Gasteiger partial charge in [-0.25, -0.2) is 23.1 Å². The van der Waals surface area contributed by atoms with E-state index in [1.165, 1.54) is 27.7 Å². The van der Waals surface area contributed by atoms with Crippen LogP contribution >= 0.6 is 0 Å². The number of aromatic nitrogens is 7. The second-order valence-electron chi connectivity index (χ2n) is 15.3. The van der Waals surface area contributed by atoms with Crippen LogP contribution in [0.3, 0.4) is 0 Å². The third-order valence-corrected chi connectivity index (χ3v) is 12.1. The Kier molecular flexibility index (Phi) is 9.39. The van der Waals surface area contributed by atoms with E-state index in [-0.39, 0.29) is 53.9 Å². The number of ether oxygens (including phenoxy) is 1. The molecule has 2 N–H and O–H groups in total. The fourth-order valence-electron chi connectivity index (χ4n) is 9.27. The van der Waals surface area contributed by atoms with Gasteiger partial charge in [0.05, 0.1) is 47.4 Å². The van der Waals surface area contributed by atoms with Gasteiger partial charge < -0.3 is 15.0 Å². The standard InChI is InChI=1S/C38H43F2N11O5/c1-46-33-27(4-2-5-28(33)51(38(46)55)29-10-11-31(52)44-37(29)54)47-15-12-26-30(21-47)56-17-16-48(26)19-22-6-8-23(9-7-22)50-20-25(32(45-50)34(39)40)43-36(53)24-18-42-49-14-3-13-41-35(24)49/h2-5,13-14,18,20,22-23,26,29-30,34H,6-12,15-17,19,21H2,1H3,(H,43,53)(H,44,52,54)/t22-,23-,26?,29?,30?. The Hall–Kier alpha value is -5.49. The van der Waals surface area contributed by atoms with Crippen LogP contribution in [-0.2, 0) is 21.4 Å². The van der Waals surface area contributed by atoms with Crippen molar-refractivity contribution in [2.45, 2.75) is 75.6 Å². The first kappa shape index (κ1) is 36.2. The lowest BCUT2D eigenvalue weighted by Crippen LogP contribution is -2.60. The molecule has 1 aromatic carbocycles. The molecule has 16 nitrogen and oxygen atoms in total. The second-order valence-corrected chi connectivity index (χ2v) is 15.3. The molecule has 3 unspecified atom stereocenters. The number of nitrogens with one attached hydrogen (secondary N) is 2. The molecule has 4 aliphatic rings. The van der Waals surface area contributed by atoms with Gasteiger partial charge >= 0.3 is 5.69 Å². The van der Waals surface area contributed by atoms with Crippen molar-refractivity contribution in [3.05, 3.63) is 70.8 Å². The van der Waals surface area contributed by atoms with E-state index in [2.05, 4.69) is 35.6 Å². The van der Waals surface area contributed by atoms with Gasteiger partial charge in [0.2, 0.25) is 11.8 Å². The Balaban J connectivity index is 0.839. The molecule has 0 spiro atoms. The highest BCUT2D eigenvalue weighted by Gasteiger charge is 2.40. The van der Waals surface area contributed by atoms with Crippen molar-refractivity contribution in [2.75, 3.05) is 43.0 Å². The summed E-state index contributed by atoms with van der Waals surface area (Å²) in [6, 6.07) is 6.89. The van der Waals surface area contributed by atoms with E-state index in [0.717, 1.165) is 62.9 Å². The van der Waals surface area contributed by atoms with E-state index in [0.29, 0.717) is 30.2 Å². The van der Waals surface area contributed by atoms with Gasteiger partial charge in [0, 0.05) is 64.3 Å². The topological polar surface area (TPSA) is 166 Å². The van der Waals surface area contributed by atoms with Gasteiger partial charge in [-0.3, -0.25) is 38.4 Å². The van der Waals surface area contributed by atoms with Gasteiger partial charge in [0.25, 0.3) is 12.3 Å². The molecule has 0 radical (unpaired) electrons. The number of morpholine rings is 1. The lowest BCUT2D eigenvalue weighted by atomic mass is 9.85. The van der Waals surface area contributed by atoms with Gasteiger partial charge in [-0.05, 0) is 62.6 Å². The highest BCUT2D eigenvalue weighted by molar-refractivity contribution is 6.08. The number of nitrogens with zero attached hydrogens (tertiary/aromatic N) is 9. The van der Waals surface area contributed by atoms with E-state index in [9.17, 15) is 28.0 Å². The summed E-state index contributed by atoms with van der Waals surface area (Å²) in [6.45, 7) is 3.80. The van der Waals surface area contributed by atoms with Crippen molar-refractivity contribution >= 4 is 45.8 Å². The fraction of sp³-hybridized carbons (Fsp3) is 0.500. The highest BCUT2D eigenvalue weighted by Crippen LogP contribution is 2.38. The molecule has 56 heavy (non-hydrogen) atoms. The largest absolute Gasteiger partial charge is 0.373 e. The first-order valence-electron chi connectivity index (χ1n) is 19.3. The predicted octanol–water partition coefficient (Wildman–Crippen LogP) is 3.46. The van der Waals surface area contributed by atoms with Crippen molar-refractivity contribution in [1.29, 1.82) is 0 Å². The number of benzene rings is 1. The molecular formula is C38H43F2N11O5. The predicted molar refractivity (Wildman–Crippen MR) is 200 cm³/mol. The number of carbonyl (C=O) groups is 3. The smallest absolute Gasteiger partial charge is 0.329 e. The quantitative estimate of drug-likeness (QED) is 0.223. The molecule has 1 saturated carbocycles. The monoisotopic (exact) mass is 771 g/mol. The Morgan fingerprint density at radius 3 is 2.71 bits per heavy atom. The molecule has 4 fully saturated rings. The van der Waals surface area contributed by atoms with Crippen molar-refractivity contribution in [3.63, 3.8) is 0 Å². The maximum Gasteiger partial charge on any atom is 0.329 e. The van der Waals surface area contributed by atoms with E-state index >= 15 is 0 Å². The average molecular weight is 772 g/mol. The molecule has 9 rings (SSSR count). The third-order valence-electron chi connectivity index (χ3n) is 12.1. The second kappa shape index (κ2) is 14.5. The number of hydrogen-bond donors (Lipinski definition) is 2. The summed E-state index contributed by atoms with van der Waals surface area (Å²) in [5, 5.41) is 13.4. The molecule has 3 aliphatic heterocycles. The van der Waals surface area contributed by atoms with Gasteiger partial charge in [-0.2, -0.15) is 10.2 Å². The molecule has 3 amide bonds. The summed E-state index contributed by atoms with van der Waals surface area (Å²) < 4.78 is 40.8. The molecule has 0 bridgehead atoms. The zero-order chi connectivity index (χ0) is 38.7. The number of alkyl halides is 2.